The largest absolute Gasteiger partial charge is 0.321 e. The third-order valence-corrected chi connectivity index (χ3v) is 3.09. The summed E-state index contributed by atoms with van der Waals surface area (Å²) < 4.78 is 0. The molecule has 0 aliphatic rings. The summed E-state index contributed by atoms with van der Waals surface area (Å²) in [5, 5.41) is 2.93. The molecule has 2 heteroatoms. The lowest BCUT2D eigenvalue weighted by Crippen LogP contribution is -2.12. The molecule has 0 aliphatic heterocycles. The number of hydrogen-bond acceptors (Lipinski definition) is 1. The molecule has 0 bridgehead atoms. The highest BCUT2D eigenvalue weighted by atomic mass is 16.1. The van der Waals surface area contributed by atoms with Gasteiger partial charge in [-0.3, -0.25) is 4.79 Å². The molecule has 2 aromatic carbocycles. The van der Waals surface area contributed by atoms with Crippen LogP contribution in [0.1, 0.15) is 42.1 Å². The van der Waals surface area contributed by atoms with Crippen molar-refractivity contribution in [1.29, 1.82) is 0 Å². The molecule has 0 saturated heterocycles. The third kappa shape index (κ3) is 4.50. The van der Waals surface area contributed by atoms with E-state index in [0.717, 1.165) is 30.5 Å². The van der Waals surface area contributed by atoms with Crippen LogP contribution in [0.4, 0.5) is 5.69 Å². The predicted molar refractivity (Wildman–Crippen MR) is 87.2 cm³/mol. The first-order valence-corrected chi connectivity index (χ1v) is 7.25. The number of anilines is 1. The Morgan fingerprint density at radius 1 is 1.05 bits per heavy atom. The number of amides is 1. The number of unbranched alkanes of at least 4 members (excludes halogenated alkanes) is 2. The fraction of sp³-hybridized carbons (Fsp3) is 0.211. The lowest BCUT2D eigenvalue weighted by Gasteiger charge is -2.07. The summed E-state index contributed by atoms with van der Waals surface area (Å²) in [6, 6.07) is 16.8. The van der Waals surface area contributed by atoms with Gasteiger partial charge in [-0.15, -0.1) is 0 Å². The summed E-state index contributed by atoms with van der Waals surface area (Å²) in [4.78, 5) is 12.2. The Bertz CT molecular complexity index is 650. The topological polar surface area (TPSA) is 29.1 Å². The van der Waals surface area contributed by atoms with E-state index in [1.807, 2.05) is 42.5 Å². The zero-order chi connectivity index (χ0) is 14.9. The van der Waals surface area contributed by atoms with Crippen molar-refractivity contribution in [3.8, 4) is 11.8 Å². The van der Waals surface area contributed by atoms with Crippen LogP contribution in [-0.4, -0.2) is 5.91 Å². The Hall–Kier alpha value is -2.53. The summed E-state index contributed by atoms with van der Waals surface area (Å²) in [7, 11) is 0. The van der Waals surface area contributed by atoms with Crippen LogP contribution in [0.5, 0.6) is 0 Å². The summed E-state index contributed by atoms with van der Waals surface area (Å²) in [6.45, 7) is 2.15. The van der Waals surface area contributed by atoms with Crippen LogP contribution < -0.4 is 5.32 Å². The maximum atomic E-state index is 12.2. The minimum absolute atomic E-state index is 0.113. The van der Waals surface area contributed by atoms with Gasteiger partial charge in [-0.2, -0.15) is 0 Å². The van der Waals surface area contributed by atoms with Crippen LogP contribution in [-0.2, 0) is 0 Å². The average molecular weight is 277 g/mol. The molecular formula is C19H19NO. The van der Waals surface area contributed by atoms with Crippen LogP contribution in [0.15, 0.2) is 54.6 Å². The molecule has 1 N–H and O–H groups in total. The van der Waals surface area contributed by atoms with E-state index in [1.54, 1.807) is 12.1 Å². The predicted octanol–water partition coefficient (Wildman–Crippen LogP) is 4.48. The van der Waals surface area contributed by atoms with Crippen LogP contribution in [0.2, 0.25) is 0 Å². The standard InChI is InChI=1S/C19H19NO/c1-2-3-4-6-11-16-12-9-10-15-18(16)20-19(21)17-13-7-5-8-14-17/h5,7-10,12-15H,2-4H2,1H3,(H,20,21). The molecule has 0 heterocycles. The summed E-state index contributed by atoms with van der Waals surface area (Å²) in [5.74, 6) is 6.18. The van der Waals surface area contributed by atoms with Gasteiger partial charge in [-0.25, -0.2) is 0 Å². The van der Waals surface area contributed by atoms with Crippen LogP contribution in [0, 0.1) is 11.8 Å². The molecule has 2 nitrogen and oxygen atoms in total. The van der Waals surface area contributed by atoms with Crippen LogP contribution >= 0.6 is 0 Å². The summed E-state index contributed by atoms with van der Waals surface area (Å²) in [6.07, 6.45) is 3.13. The molecule has 106 valence electrons. The third-order valence-electron chi connectivity index (χ3n) is 3.09. The van der Waals surface area contributed by atoms with Crippen molar-refractivity contribution in [2.45, 2.75) is 26.2 Å². The molecule has 0 aliphatic carbocycles. The van der Waals surface area contributed by atoms with Crippen LogP contribution in [0.3, 0.4) is 0 Å². The van der Waals surface area contributed by atoms with Crippen molar-refractivity contribution in [3.63, 3.8) is 0 Å². The maximum absolute atomic E-state index is 12.2. The monoisotopic (exact) mass is 277 g/mol. The SMILES string of the molecule is CCCCC#Cc1ccccc1NC(=O)c1ccccc1. The molecule has 21 heavy (non-hydrogen) atoms. The first-order valence-electron chi connectivity index (χ1n) is 7.25. The second kappa shape index (κ2) is 7.91. The molecule has 0 fully saturated rings. The van der Waals surface area contributed by atoms with Crippen molar-refractivity contribution >= 4 is 11.6 Å². The lowest BCUT2D eigenvalue weighted by molar-refractivity contribution is 0.102. The number of nitrogens with one attached hydrogen (secondary N) is 1. The highest BCUT2D eigenvalue weighted by Gasteiger charge is 2.07. The van der Waals surface area contributed by atoms with Gasteiger partial charge in [-0.05, 0) is 30.7 Å². The van der Waals surface area contributed by atoms with E-state index >= 15 is 0 Å². The second-order valence-corrected chi connectivity index (χ2v) is 4.77. The minimum Gasteiger partial charge on any atom is -0.321 e. The summed E-state index contributed by atoms with van der Waals surface area (Å²) in [5.41, 5.74) is 2.26. The molecule has 0 unspecified atom stereocenters. The van der Waals surface area contributed by atoms with Gasteiger partial charge in [0.05, 0.1) is 5.69 Å². The molecular weight excluding hydrogens is 258 g/mol. The van der Waals surface area contributed by atoms with Gasteiger partial charge in [0.2, 0.25) is 0 Å². The first kappa shape index (κ1) is 14.9. The van der Waals surface area contributed by atoms with Gasteiger partial charge in [0, 0.05) is 17.5 Å². The van der Waals surface area contributed by atoms with Gasteiger partial charge >= 0.3 is 0 Å². The Balaban J connectivity index is 2.13. The fourth-order valence-corrected chi connectivity index (χ4v) is 1.91. The number of para-hydroxylation sites is 1. The zero-order valence-electron chi connectivity index (χ0n) is 12.2. The van der Waals surface area contributed by atoms with E-state index in [-0.39, 0.29) is 5.91 Å². The number of carbonyl (C=O) groups is 1. The van der Waals surface area contributed by atoms with Gasteiger partial charge < -0.3 is 5.32 Å². The normalized spacial score (nSPS) is 9.57. The number of benzene rings is 2. The molecule has 0 spiro atoms. The van der Waals surface area contributed by atoms with Gasteiger partial charge in [-0.1, -0.05) is 55.5 Å². The van der Waals surface area contributed by atoms with Crippen molar-refractivity contribution in [2.24, 2.45) is 0 Å². The van der Waals surface area contributed by atoms with Crippen molar-refractivity contribution in [3.05, 3.63) is 65.7 Å². The first-order chi connectivity index (χ1) is 10.3. The Morgan fingerprint density at radius 3 is 2.52 bits per heavy atom. The van der Waals surface area contributed by atoms with E-state index in [9.17, 15) is 4.79 Å². The molecule has 1 amide bonds. The fourth-order valence-electron chi connectivity index (χ4n) is 1.91. The van der Waals surface area contributed by atoms with Crippen molar-refractivity contribution < 1.29 is 4.79 Å². The number of hydrogen-bond donors (Lipinski definition) is 1. The minimum atomic E-state index is -0.113. The molecule has 0 radical (unpaired) electrons. The summed E-state index contributed by atoms with van der Waals surface area (Å²) >= 11 is 0. The van der Waals surface area contributed by atoms with E-state index in [4.69, 9.17) is 0 Å². The number of rotatable bonds is 4. The van der Waals surface area contributed by atoms with Gasteiger partial charge in [0.25, 0.3) is 5.91 Å². The maximum Gasteiger partial charge on any atom is 0.255 e. The molecule has 2 aromatic rings. The molecule has 2 rings (SSSR count). The highest BCUT2D eigenvalue weighted by Crippen LogP contribution is 2.15. The molecule has 0 saturated carbocycles. The second-order valence-electron chi connectivity index (χ2n) is 4.77. The average Bonchev–Trinajstić information content (AvgIpc) is 2.54. The van der Waals surface area contributed by atoms with Crippen LogP contribution in [0.25, 0.3) is 0 Å². The van der Waals surface area contributed by atoms with Gasteiger partial charge in [0.1, 0.15) is 0 Å². The van der Waals surface area contributed by atoms with E-state index < -0.39 is 0 Å². The molecule has 0 aromatic heterocycles. The van der Waals surface area contributed by atoms with E-state index in [0.29, 0.717) is 5.56 Å². The highest BCUT2D eigenvalue weighted by molar-refractivity contribution is 6.04. The van der Waals surface area contributed by atoms with Gasteiger partial charge in [0.15, 0.2) is 0 Å². The number of carbonyl (C=O) groups excluding carboxylic acids is 1. The van der Waals surface area contributed by atoms with E-state index in [1.165, 1.54) is 0 Å². The Morgan fingerprint density at radius 2 is 1.76 bits per heavy atom. The quantitative estimate of drug-likeness (QED) is 0.648. The lowest BCUT2D eigenvalue weighted by atomic mass is 10.1. The molecule has 0 atom stereocenters. The smallest absolute Gasteiger partial charge is 0.255 e. The Kier molecular flexibility index (Phi) is 5.60. The van der Waals surface area contributed by atoms with Crippen molar-refractivity contribution in [2.75, 3.05) is 5.32 Å². The van der Waals surface area contributed by atoms with E-state index in [2.05, 4.69) is 24.1 Å². The Labute approximate surface area is 126 Å². The van der Waals surface area contributed by atoms with Crippen molar-refractivity contribution in [1.82, 2.24) is 0 Å². The zero-order valence-corrected chi connectivity index (χ0v) is 12.2.